The Hall–Kier alpha value is -3.72. The summed E-state index contributed by atoms with van der Waals surface area (Å²) in [6, 6.07) is 21.0. The summed E-state index contributed by atoms with van der Waals surface area (Å²) in [6.07, 6.45) is 2.95. The van der Waals surface area contributed by atoms with Crippen LogP contribution in [0, 0.1) is 12.7 Å². The fourth-order valence-corrected chi connectivity index (χ4v) is 5.08. The number of halogens is 1. The van der Waals surface area contributed by atoms with Gasteiger partial charge in [0.2, 0.25) is 21.8 Å². The normalized spacial score (nSPS) is 12.0. The number of carbonyl (C=O) groups excluding carboxylic acids is 2. The molecule has 7 nitrogen and oxygen atoms in total. The number of aryl methyl sites for hydroxylation is 1. The van der Waals surface area contributed by atoms with Gasteiger partial charge in [0.1, 0.15) is 18.4 Å². The Labute approximate surface area is 230 Å². The van der Waals surface area contributed by atoms with Gasteiger partial charge in [-0.15, -0.1) is 0 Å². The highest BCUT2D eigenvalue weighted by molar-refractivity contribution is 7.92. The lowest BCUT2D eigenvalue weighted by atomic mass is 10.0. The van der Waals surface area contributed by atoms with Crippen LogP contribution >= 0.6 is 0 Å². The molecule has 0 unspecified atom stereocenters. The molecule has 0 radical (unpaired) electrons. The summed E-state index contributed by atoms with van der Waals surface area (Å²) in [6.45, 7) is 3.82. The number of nitrogens with zero attached hydrogens (tertiary/aromatic N) is 2. The number of anilines is 1. The second-order valence-corrected chi connectivity index (χ2v) is 11.5. The maximum absolute atomic E-state index is 14.0. The Morgan fingerprint density at radius 3 is 2.26 bits per heavy atom. The molecule has 0 aliphatic heterocycles. The minimum atomic E-state index is -3.83. The SMILES string of the molecule is CCCCNC(=O)[C@@H](Cc1ccccc1)N(Cc1ccc(F)cc1)C(=O)CN(c1cccc(C)c1)S(C)(=O)=O. The molecule has 0 spiro atoms. The summed E-state index contributed by atoms with van der Waals surface area (Å²) in [5, 5.41) is 2.93. The van der Waals surface area contributed by atoms with Gasteiger partial charge in [-0.25, -0.2) is 12.8 Å². The molecule has 1 atom stereocenters. The van der Waals surface area contributed by atoms with Crippen LogP contribution in [0.15, 0.2) is 78.9 Å². The molecule has 1 N–H and O–H groups in total. The van der Waals surface area contributed by atoms with Gasteiger partial charge < -0.3 is 10.2 Å². The maximum Gasteiger partial charge on any atom is 0.244 e. The summed E-state index contributed by atoms with van der Waals surface area (Å²) >= 11 is 0. The van der Waals surface area contributed by atoms with E-state index in [1.807, 2.05) is 50.2 Å². The number of amides is 2. The zero-order valence-electron chi connectivity index (χ0n) is 22.6. The third-order valence-corrected chi connectivity index (χ3v) is 7.48. The van der Waals surface area contributed by atoms with Crippen LogP contribution in [0.2, 0.25) is 0 Å². The molecule has 0 heterocycles. The molecule has 3 aromatic carbocycles. The number of carbonyl (C=O) groups is 2. The smallest absolute Gasteiger partial charge is 0.244 e. The molecule has 0 saturated heterocycles. The van der Waals surface area contributed by atoms with Crippen molar-refractivity contribution in [2.24, 2.45) is 0 Å². The van der Waals surface area contributed by atoms with E-state index in [0.29, 0.717) is 17.8 Å². The van der Waals surface area contributed by atoms with Crippen molar-refractivity contribution in [3.63, 3.8) is 0 Å². The summed E-state index contributed by atoms with van der Waals surface area (Å²) in [7, 11) is -3.83. The van der Waals surface area contributed by atoms with E-state index in [2.05, 4.69) is 5.32 Å². The van der Waals surface area contributed by atoms with Crippen LogP contribution in [0.3, 0.4) is 0 Å². The highest BCUT2D eigenvalue weighted by atomic mass is 32.2. The molecule has 3 aromatic rings. The van der Waals surface area contributed by atoms with Crippen LogP contribution in [-0.2, 0) is 32.6 Å². The van der Waals surface area contributed by atoms with Gasteiger partial charge in [-0.1, -0.05) is 67.9 Å². The lowest BCUT2D eigenvalue weighted by molar-refractivity contribution is -0.140. The van der Waals surface area contributed by atoms with Gasteiger partial charge >= 0.3 is 0 Å². The lowest BCUT2D eigenvalue weighted by Crippen LogP contribution is -2.53. The van der Waals surface area contributed by atoms with E-state index in [1.165, 1.54) is 17.0 Å². The average Bonchev–Trinajstić information content (AvgIpc) is 2.90. The maximum atomic E-state index is 14.0. The van der Waals surface area contributed by atoms with E-state index in [1.54, 1.807) is 30.3 Å². The number of nitrogens with one attached hydrogen (secondary N) is 1. The van der Waals surface area contributed by atoms with Gasteiger partial charge in [-0.2, -0.15) is 0 Å². The van der Waals surface area contributed by atoms with Crippen molar-refractivity contribution in [2.45, 2.75) is 45.7 Å². The molecule has 39 heavy (non-hydrogen) atoms. The molecular weight excluding hydrogens is 517 g/mol. The predicted molar refractivity (Wildman–Crippen MR) is 152 cm³/mol. The first-order chi connectivity index (χ1) is 18.6. The van der Waals surface area contributed by atoms with Crippen LogP contribution < -0.4 is 9.62 Å². The Morgan fingerprint density at radius 2 is 1.64 bits per heavy atom. The standard InChI is InChI=1S/C30H36FN3O4S/c1-4-5-18-32-30(36)28(20-24-11-7-6-8-12-24)33(21-25-14-16-26(31)17-15-25)29(35)22-34(39(3,37)38)27-13-9-10-23(2)19-27/h6-17,19,28H,4-5,18,20-22H2,1-3H3,(H,32,36)/t28-/m1/s1. The van der Waals surface area contributed by atoms with Crippen LogP contribution in [0.5, 0.6) is 0 Å². The van der Waals surface area contributed by atoms with Crippen molar-refractivity contribution in [2.75, 3.05) is 23.7 Å². The largest absolute Gasteiger partial charge is 0.354 e. The van der Waals surface area contributed by atoms with Crippen LogP contribution in [-0.4, -0.2) is 50.5 Å². The first kappa shape index (κ1) is 29.8. The molecule has 208 valence electrons. The van der Waals surface area contributed by atoms with E-state index in [9.17, 15) is 22.4 Å². The predicted octanol–water partition coefficient (Wildman–Crippen LogP) is 4.46. The molecule has 0 aliphatic rings. The number of hydrogen-bond donors (Lipinski definition) is 1. The van der Waals surface area contributed by atoms with Crippen molar-refractivity contribution in [3.8, 4) is 0 Å². The van der Waals surface area contributed by atoms with Crippen molar-refractivity contribution in [1.29, 1.82) is 0 Å². The third kappa shape index (κ3) is 8.92. The topological polar surface area (TPSA) is 86.8 Å². The van der Waals surface area contributed by atoms with E-state index >= 15 is 0 Å². The summed E-state index contributed by atoms with van der Waals surface area (Å²) < 4.78 is 40.3. The Bertz CT molecular complexity index is 1350. The fourth-order valence-electron chi connectivity index (χ4n) is 4.24. The second kappa shape index (κ2) is 13.9. The van der Waals surface area contributed by atoms with E-state index in [-0.39, 0.29) is 18.9 Å². The minimum Gasteiger partial charge on any atom is -0.354 e. The average molecular weight is 554 g/mol. The number of hydrogen-bond acceptors (Lipinski definition) is 4. The van der Waals surface area contributed by atoms with E-state index < -0.39 is 34.3 Å². The van der Waals surface area contributed by atoms with Crippen molar-refractivity contribution >= 4 is 27.5 Å². The lowest BCUT2D eigenvalue weighted by Gasteiger charge is -2.33. The third-order valence-electron chi connectivity index (χ3n) is 6.34. The molecule has 9 heteroatoms. The Balaban J connectivity index is 2.02. The van der Waals surface area contributed by atoms with Gasteiger partial charge in [0.15, 0.2) is 0 Å². The molecule has 0 fully saturated rings. The first-order valence-corrected chi connectivity index (χ1v) is 14.8. The molecule has 2 amide bonds. The highest BCUT2D eigenvalue weighted by Crippen LogP contribution is 2.21. The summed E-state index contributed by atoms with van der Waals surface area (Å²) in [5.41, 5.74) is 2.67. The van der Waals surface area contributed by atoms with E-state index in [4.69, 9.17) is 0 Å². The van der Waals surface area contributed by atoms with Crippen LogP contribution in [0.1, 0.15) is 36.5 Å². The van der Waals surface area contributed by atoms with Crippen LogP contribution in [0.25, 0.3) is 0 Å². The summed E-state index contributed by atoms with van der Waals surface area (Å²) in [5.74, 6) is -1.29. The van der Waals surface area contributed by atoms with Gasteiger partial charge in [0.25, 0.3) is 0 Å². The van der Waals surface area contributed by atoms with Crippen molar-refractivity contribution < 1.29 is 22.4 Å². The quantitative estimate of drug-likeness (QED) is 0.317. The van der Waals surface area contributed by atoms with Crippen LogP contribution in [0.4, 0.5) is 10.1 Å². The zero-order valence-corrected chi connectivity index (χ0v) is 23.5. The second-order valence-electron chi connectivity index (χ2n) is 9.61. The number of sulfonamides is 1. The van der Waals surface area contributed by atoms with Gasteiger partial charge in [0.05, 0.1) is 11.9 Å². The summed E-state index contributed by atoms with van der Waals surface area (Å²) in [4.78, 5) is 28.9. The number of rotatable bonds is 13. The molecule has 0 saturated carbocycles. The van der Waals surface area contributed by atoms with Gasteiger partial charge in [0, 0.05) is 19.5 Å². The number of unbranched alkanes of at least 4 members (excludes halogenated alkanes) is 1. The zero-order chi connectivity index (χ0) is 28.4. The minimum absolute atomic E-state index is 0.00321. The molecule has 0 aliphatic carbocycles. The van der Waals surface area contributed by atoms with E-state index in [0.717, 1.165) is 34.5 Å². The Kier molecular flexibility index (Phi) is 10.6. The van der Waals surface area contributed by atoms with Gasteiger partial charge in [-0.05, 0) is 54.3 Å². The number of benzene rings is 3. The molecule has 0 aromatic heterocycles. The fraction of sp³-hybridized carbons (Fsp3) is 0.333. The monoisotopic (exact) mass is 553 g/mol. The Morgan fingerprint density at radius 1 is 0.949 bits per heavy atom. The van der Waals surface area contributed by atoms with Crippen molar-refractivity contribution in [3.05, 3.63) is 101 Å². The first-order valence-electron chi connectivity index (χ1n) is 13.0. The molecular formula is C30H36FN3O4S. The molecule has 0 bridgehead atoms. The highest BCUT2D eigenvalue weighted by Gasteiger charge is 2.33. The molecule has 3 rings (SSSR count). The van der Waals surface area contributed by atoms with Crippen molar-refractivity contribution in [1.82, 2.24) is 10.2 Å². The van der Waals surface area contributed by atoms with Gasteiger partial charge in [-0.3, -0.25) is 13.9 Å².